The SMILES string of the molecule is CN=C(NCc1cccc([N+](=O)[O-])c1)NC1CCN(Cc2ccc(Cl)cc2)CC1. The van der Waals surface area contributed by atoms with Crippen molar-refractivity contribution in [1.82, 2.24) is 15.5 Å². The van der Waals surface area contributed by atoms with Gasteiger partial charge < -0.3 is 10.6 Å². The molecule has 2 aromatic carbocycles. The summed E-state index contributed by atoms with van der Waals surface area (Å²) in [6, 6.07) is 15.0. The Morgan fingerprint density at radius 3 is 2.59 bits per heavy atom. The van der Waals surface area contributed by atoms with Gasteiger partial charge in [-0.05, 0) is 36.1 Å². The van der Waals surface area contributed by atoms with Crippen LogP contribution in [-0.4, -0.2) is 42.0 Å². The van der Waals surface area contributed by atoms with Gasteiger partial charge in [0.25, 0.3) is 5.69 Å². The molecule has 3 rings (SSSR count). The third-order valence-corrected chi connectivity index (χ3v) is 5.30. The van der Waals surface area contributed by atoms with E-state index in [9.17, 15) is 10.1 Å². The fourth-order valence-electron chi connectivity index (χ4n) is 3.44. The third kappa shape index (κ3) is 6.44. The lowest BCUT2D eigenvalue weighted by Crippen LogP contribution is -2.48. The molecule has 0 atom stereocenters. The van der Waals surface area contributed by atoms with Crippen LogP contribution in [0.2, 0.25) is 5.02 Å². The van der Waals surface area contributed by atoms with Crippen molar-refractivity contribution >= 4 is 23.2 Å². The Balaban J connectivity index is 1.44. The maximum absolute atomic E-state index is 10.9. The van der Waals surface area contributed by atoms with Crippen LogP contribution in [0.15, 0.2) is 53.5 Å². The van der Waals surface area contributed by atoms with E-state index in [1.54, 1.807) is 19.2 Å². The highest BCUT2D eigenvalue weighted by atomic mass is 35.5. The van der Waals surface area contributed by atoms with E-state index in [0.717, 1.165) is 43.1 Å². The summed E-state index contributed by atoms with van der Waals surface area (Å²) >= 11 is 5.95. The van der Waals surface area contributed by atoms with Gasteiger partial charge in [-0.15, -0.1) is 0 Å². The van der Waals surface area contributed by atoms with Gasteiger partial charge in [0.1, 0.15) is 0 Å². The topological polar surface area (TPSA) is 82.8 Å². The molecule has 8 heteroatoms. The molecule has 2 N–H and O–H groups in total. The van der Waals surface area contributed by atoms with Crippen LogP contribution in [0.3, 0.4) is 0 Å². The Labute approximate surface area is 175 Å². The number of halogens is 1. The molecule has 0 aromatic heterocycles. The number of nitrogens with one attached hydrogen (secondary N) is 2. The third-order valence-electron chi connectivity index (χ3n) is 5.05. The van der Waals surface area contributed by atoms with Crippen LogP contribution >= 0.6 is 11.6 Å². The zero-order chi connectivity index (χ0) is 20.6. The van der Waals surface area contributed by atoms with Gasteiger partial charge in [0.05, 0.1) is 4.92 Å². The number of non-ortho nitro benzene ring substituents is 1. The summed E-state index contributed by atoms with van der Waals surface area (Å²) in [6.45, 7) is 3.45. The van der Waals surface area contributed by atoms with Crippen molar-refractivity contribution in [3.05, 3.63) is 74.8 Å². The van der Waals surface area contributed by atoms with Crippen molar-refractivity contribution in [1.29, 1.82) is 0 Å². The number of nitrogens with zero attached hydrogens (tertiary/aromatic N) is 3. The number of benzene rings is 2. The number of piperidine rings is 1. The molecule has 29 heavy (non-hydrogen) atoms. The zero-order valence-corrected chi connectivity index (χ0v) is 17.2. The van der Waals surface area contributed by atoms with E-state index in [1.165, 1.54) is 11.6 Å². The number of hydrogen-bond donors (Lipinski definition) is 2. The van der Waals surface area contributed by atoms with Crippen molar-refractivity contribution in [3.8, 4) is 0 Å². The second-order valence-corrected chi connectivity index (χ2v) is 7.61. The molecule has 2 aromatic rings. The summed E-state index contributed by atoms with van der Waals surface area (Å²) in [7, 11) is 1.73. The van der Waals surface area contributed by atoms with Crippen molar-refractivity contribution in [2.75, 3.05) is 20.1 Å². The van der Waals surface area contributed by atoms with Gasteiger partial charge in [0, 0.05) is 56.4 Å². The van der Waals surface area contributed by atoms with Crippen molar-refractivity contribution in [2.45, 2.75) is 32.0 Å². The highest BCUT2D eigenvalue weighted by Crippen LogP contribution is 2.16. The minimum atomic E-state index is -0.381. The number of aliphatic imine (C=N–C) groups is 1. The van der Waals surface area contributed by atoms with E-state index >= 15 is 0 Å². The molecular formula is C21H26ClN5O2. The lowest BCUT2D eigenvalue weighted by atomic mass is 10.0. The number of hydrogen-bond acceptors (Lipinski definition) is 4. The van der Waals surface area contributed by atoms with Crippen LogP contribution in [-0.2, 0) is 13.1 Å². The maximum atomic E-state index is 10.9. The van der Waals surface area contributed by atoms with Crippen LogP contribution < -0.4 is 10.6 Å². The minimum Gasteiger partial charge on any atom is -0.354 e. The molecule has 1 heterocycles. The largest absolute Gasteiger partial charge is 0.354 e. The van der Waals surface area contributed by atoms with Crippen molar-refractivity contribution in [2.24, 2.45) is 4.99 Å². The fourth-order valence-corrected chi connectivity index (χ4v) is 3.56. The zero-order valence-electron chi connectivity index (χ0n) is 16.5. The normalized spacial score (nSPS) is 15.9. The van der Waals surface area contributed by atoms with Crippen LogP contribution in [0.25, 0.3) is 0 Å². The smallest absolute Gasteiger partial charge is 0.269 e. The Morgan fingerprint density at radius 2 is 1.93 bits per heavy atom. The first-order valence-corrected chi connectivity index (χ1v) is 10.1. The minimum absolute atomic E-state index is 0.0975. The molecule has 1 saturated heterocycles. The summed E-state index contributed by atoms with van der Waals surface area (Å²) in [5, 5.41) is 18.4. The lowest BCUT2D eigenvalue weighted by molar-refractivity contribution is -0.384. The monoisotopic (exact) mass is 415 g/mol. The standard InChI is InChI=1S/C21H26ClN5O2/c1-23-21(24-14-17-3-2-4-20(13-17)27(28)29)25-19-9-11-26(12-10-19)15-16-5-7-18(22)8-6-16/h2-8,13,19H,9-12,14-15H2,1H3,(H2,23,24,25). The summed E-state index contributed by atoms with van der Waals surface area (Å²) in [6.07, 6.45) is 2.07. The van der Waals surface area contributed by atoms with E-state index in [2.05, 4.69) is 32.7 Å². The highest BCUT2D eigenvalue weighted by Gasteiger charge is 2.20. The van der Waals surface area contributed by atoms with Gasteiger partial charge in [-0.25, -0.2) is 0 Å². The van der Waals surface area contributed by atoms with Crippen molar-refractivity contribution in [3.63, 3.8) is 0 Å². The lowest BCUT2D eigenvalue weighted by Gasteiger charge is -2.33. The fraction of sp³-hybridized carbons (Fsp3) is 0.381. The number of rotatable bonds is 6. The van der Waals surface area contributed by atoms with Gasteiger partial charge in [-0.3, -0.25) is 20.0 Å². The van der Waals surface area contributed by atoms with Crippen molar-refractivity contribution < 1.29 is 4.92 Å². The maximum Gasteiger partial charge on any atom is 0.269 e. The number of likely N-dealkylation sites (tertiary alicyclic amines) is 1. The van der Waals surface area contributed by atoms with E-state index in [0.29, 0.717) is 18.5 Å². The second kappa shape index (κ2) is 10.2. The molecule has 0 aliphatic carbocycles. The Kier molecular flexibility index (Phi) is 7.43. The van der Waals surface area contributed by atoms with Crippen LogP contribution in [0.5, 0.6) is 0 Å². The Hall–Kier alpha value is -2.64. The van der Waals surface area contributed by atoms with E-state index in [4.69, 9.17) is 11.6 Å². The van der Waals surface area contributed by atoms with Crippen LogP contribution in [0.1, 0.15) is 24.0 Å². The van der Waals surface area contributed by atoms with Gasteiger partial charge >= 0.3 is 0 Å². The highest BCUT2D eigenvalue weighted by molar-refractivity contribution is 6.30. The molecule has 0 amide bonds. The second-order valence-electron chi connectivity index (χ2n) is 7.17. The van der Waals surface area contributed by atoms with E-state index < -0.39 is 0 Å². The first-order chi connectivity index (χ1) is 14.0. The number of guanidine groups is 1. The van der Waals surface area contributed by atoms with Gasteiger partial charge in [-0.2, -0.15) is 0 Å². The van der Waals surface area contributed by atoms with Gasteiger partial charge in [0.2, 0.25) is 0 Å². The van der Waals surface area contributed by atoms with Gasteiger partial charge in [0.15, 0.2) is 5.96 Å². The molecule has 0 radical (unpaired) electrons. The molecule has 0 bridgehead atoms. The molecular weight excluding hydrogens is 390 g/mol. The molecule has 154 valence electrons. The summed E-state index contributed by atoms with van der Waals surface area (Å²) in [5.41, 5.74) is 2.22. The molecule has 7 nitrogen and oxygen atoms in total. The molecule has 0 spiro atoms. The number of nitro benzene ring substituents is 1. The Bertz CT molecular complexity index is 848. The van der Waals surface area contributed by atoms with Gasteiger partial charge in [-0.1, -0.05) is 35.9 Å². The van der Waals surface area contributed by atoms with Crippen LogP contribution in [0.4, 0.5) is 5.69 Å². The first-order valence-electron chi connectivity index (χ1n) is 9.71. The first kappa shape index (κ1) is 21.1. The molecule has 1 aliphatic rings. The summed E-state index contributed by atoms with van der Waals surface area (Å²) < 4.78 is 0. The average molecular weight is 416 g/mol. The molecule has 1 fully saturated rings. The molecule has 0 saturated carbocycles. The van der Waals surface area contributed by atoms with E-state index in [1.807, 2.05) is 18.2 Å². The predicted octanol–water partition coefficient (Wildman–Crippen LogP) is 3.58. The Morgan fingerprint density at radius 1 is 1.21 bits per heavy atom. The molecule has 1 aliphatic heterocycles. The van der Waals surface area contributed by atoms with Crippen LogP contribution in [0, 0.1) is 10.1 Å². The predicted molar refractivity (Wildman–Crippen MR) is 116 cm³/mol. The average Bonchev–Trinajstić information content (AvgIpc) is 2.74. The molecule has 0 unspecified atom stereocenters. The summed E-state index contributed by atoms with van der Waals surface area (Å²) in [5.74, 6) is 0.715. The number of nitro groups is 1. The summed E-state index contributed by atoms with van der Waals surface area (Å²) in [4.78, 5) is 17.3. The van der Waals surface area contributed by atoms with E-state index in [-0.39, 0.29) is 10.6 Å². The quantitative estimate of drug-likeness (QED) is 0.326.